The van der Waals surface area contributed by atoms with Crippen LogP contribution >= 0.6 is 0 Å². The monoisotopic (exact) mass is 326 g/mol. The van der Waals surface area contributed by atoms with Crippen molar-refractivity contribution in [2.24, 2.45) is 0 Å². The molecule has 0 aromatic heterocycles. The van der Waals surface area contributed by atoms with Crippen LogP contribution in [0.3, 0.4) is 0 Å². The van der Waals surface area contributed by atoms with E-state index in [-0.39, 0.29) is 17.0 Å². The minimum absolute atomic E-state index is 0.0575. The second kappa shape index (κ2) is 6.30. The number of hydrogen-bond acceptors (Lipinski definition) is 0. The predicted molar refractivity (Wildman–Crippen MR) is 77.8 cm³/mol. The van der Waals surface area contributed by atoms with Crippen LogP contribution in [0, 0.1) is 23.3 Å². The molecule has 2 aromatic carbocycles. The Kier molecular flexibility index (Phi) is 4.37. The summed E-state index contributed by atoms with van der Waals surface area (Å²) in [6, 6.07) is 5.16. The lowest BCUT2D eigenvalue weighted by molar-refractivity contribution is 0.235. The quantitative estimate of drug-likeness (QED) is 0.602. The Morgan fingerprint density at radius 2 is 1.30 bits per heavy atom. The van der Waals surface area contributed by atoms with Gasteiger partial charge in [0.05, 0.1) is 5.56 Å². The van der Waals surface area contributed by atoms with Crippen LogP contribution in [0.15, 0.2) is 30.3 Å². The van der Waals surface area contributed by atoms with Gasteiger partial charge in [0.25, 0.3) is 0 Å². The maximum atomic E-state index is 14.3. The van der Waals surface area contributed by atoms with Crippen LogP contribution in [0.5, 0.6) is 0 Å². The molecular weight excluding hydrogens is 311 g/mol. The first kappa shape index (κ1) is 16.0. The topological polar surface area (TPSA) is 0 Å². The summed E-state index contributed by atoms with van der Waals surface area (Å²) >= 11 is 0. The van der Waals surface area contributed by atoms with Gasteiger partial charge in [-0.15, -0.1) is 0 Å². The summed E-state index contributed by atoms with van der Waals surface area (Å²) in [7, 11) is 0. The number of halogens is 5. The normalized spacial score (nSPS) is 21.4. The van der Waals surface area contributed by atoms with E-state index in [9.17, 15) is 22.0 Å². The maximum Gasteiger partial charge on any atom is 0.159 e. The van der Waals surface area contributed by atoms with Gasteiger partial charge in [0.1, 0.15) is 17.8 Å². The van der Waals surface area contributed by atoms with Crippen LogP contribution in [0.1, 0.15) is 37.2 Å². The zero-order valence-electron chi connectivity index (χ0n) is 12.3. The molecule has 0 aliphatic heterocycles. The van der Waals surface area contributed by atoms with Crippen molar-refractivity contribution in [1.82, 2.24) is 0 Å². The first-order valence-corrected chi connectivity index (χ1v) is 7.54. The van der Waals surface area contributed by atoms with Crippen molar-refractivity contribution < 1.29 is 22.0 Å². The summed E-state index contributed by atoms with van der Waals surface area (Å²) in [4.78, 5) is 0. The van der Waals surface area contributed by atoms with Crippen LogP contribution in [0.2, 0.25) is 0 Å². The Labute approximate surface area is 130 Å². The predicted octanol–water partition coefficient (Wildman–Crippen LogP) is 5.91. The highest BCUT2D eigenvalue weighted by Crippen LogP contribution is 2.37. The van der Waals surface area contributed by atoms with Crippen LogP contribution < -0.4 is 0 Å². The third-order valence-electron chi connectivity index (χ3n) is 4.40. The Hall–Kier alpha value is -1.91. The van der Waals surface area contributed by atoms with Crippen molar-refractivity contribution in [2.75, 3.05) is 0 Å². The largest absolute Gasteiger partial charge is 0.247 e. The molecule has 1 aliphatic rings. The Bertz CT molecular complexity index is 694. The van der Waals surface area contributed by atoms with Crippen molar-refractivity contribution >= 4 is 0 Å². The number of alkyl halides is 1. The lowest BCUT2D eigenvalue weighted by atomic mass is 9.82. The minimum Gasteiger partial charge on any atom is -0.247 e. The van der Waals surface area contributed by atoms with E-state index in [2.05, 4.69) is 0 Å². The number of benzene rings is 2. The van der Waals surface area contributed by atoms with Crippen LogP contribution in [0.25, 0.3) is 11.1 Å². The van der Waals surface area contributed by atoms with E-state index < -0.39 is 29.4 Å². The zero-order chi connectivity index (χ0) is 16.6. The van der Waals surface area contributed by atoms with E-state index in [1.165, 1.54) is 12.1 Å². The molecule has 5 heteroatoms. The molecule has 1 saturated carbocycles. The van der Waals surface area contributed by atoms with E-state index in [1.54, 1.807) is 0 Å². The maximum absolute atomic E-state index is 14.3. The number of hydrogen-bond donors (Lipinski definition) is 0. The molecule has 0 nitrogen and oxygen atoms in total. The van der Waals surface area contributed by atoms with E-state index in [0.29, 0.717) is 31.2 Å². The van der Waals surface area contributed by atoms with E-state index in [1.807, 2.05) is 0 Å². The zero-order valence-corrected chi connectivity index (χ0v) is 12.3. The van der Waals surface area contributed by atoms with E-state index >= 15 is 0 Å². The lowest BCUT2D eigenvalue weighted by Gasteiger charge is -2.25. The molecule has 2 aromatic rings. The van der Waals surface area contributed by atoms with E-state index in [4.69, 9.17) is 0 Å². The fraction of sp³-hybridized carbons (Fsp3) is 0.333. The highest BCUT2D eigenvalue weighted by Gasteiger charge is 2.24. The Morgan fingerprint density at radius 3 is 1.87 bits per heavy atom. The van der Waals surface area contributed by atoms with Gasteiger partial charge in [-0.1, -0.05) is 6.07 Å². The molecule has 1 aliphatic carbocycles. The fourth-order valence-electron chi connectivity index (χ4n) is 3.14. The molecule has 0 heterocycles. The summed E-state index contributed by atoms with van der Waals surface area (Å²) in [5.41, 5.74) is 0.0444. The SMILES string of the molecule is Fc1ccc(-c2c(F)cc(C3CCC(F)CC3)cc2F)cc1F. The average molecular weight is 326 g/mol. The van der Waals surface area contributed by atoms with Gasteiger partial charge in [-0.2, -0.15) is 0 Å². The van der Waals surface area contributed by atoms with Gasteiger partial charge >= 0.3 is 0 Å². The summed E-state index contributed by atoms with van der Waals surface area (Å²) < 4.78 is 68.1. The van der Waals surface area contributed by atoms with Crippen molar-refractivity contribution in [3.05, 3.63) is 59.2 Å². The van der Waals surface area contributed by atoms with Gasteiger partial charge in [0.2, 0.25) is 0 Å². The van der Waals surface area contributed by atoms with Gasteiger partial charge in [0.15, 0.2) is 11.6 Å². The molecular formula is C18H15F5. The van der Waals surface area contributed by atoms with Gasteiger partial charge in [-0.25, -0.2) is 22.0 Å². The molecule has 0 unspecified atom stereocenters. The summed E-state index contributed by atoms with van der Waals surface area (Å²) in [6.07, 6.45) is 1.02. The van der Waals surface area contributed by atoms with Crippen LogP contribution in [-0.4, -0.2) is 6.17 Å². The van der Waals surface area contributed by atoms with E-state index in [0.717, 1.165) is 18.2 Å². The van der Waals surface area contributed by atoms with Gasteiger partial charge in [-0.05, 0) is 67.0 Å². The van der Waals surface area contributed by atoms with Gasteiger partial charge in [0, 0.05) is 0 Å². The summed E-state index contributed by atoms with van der Waals surface area (Å²) in [6.45, 7) is 0. The van der Waals surface area contributed by atoms with Crippen molar-refractivity contribution in [3.8, 4) is 11.1 Å². The first-order valence-electron chi connectivity index (χ1n) is 7.54. The molecule has 0 amide bonds. The summed E-state index contributed by atoms with van der Waals surface area (Å²) in [5, 5.41) is 0. The third kappa shape index (κ3) is 3.23. The first-order chi connectivity index (χ1) is 11.0. The minimum atomic E-state index is -1.16. The van der Waals surface area contributed by atoms with Crippen molar-refractivity contribution in [3.63, 3.8) is 0 Å². The molecule has 3 rings (SSSR count). The Morgan fingerprint density at radius 1 is 0.696 bits per heavy atom. The van der Waals surface area contributed by atoms with Crippen LogP contribution in [0.4, 0.5) is 22.0 Å². The average Bonchev–Trinajstić information content (AvgIpc) is 2.51. The molecule has 0 N–H and O–H groups in total. The lowest BCUT2D eigenvalue weighted by Crippen LogP contribution is -2.14. The molecule has 0 spiro atoms. The molecule has 0 radical (unpaired) electrons. The highest BCUT2D eigenvalue weighted by molar-refractivity contribution is 5.65. The van der Waals surface area contributed by atoms with Gasteiger partial charge < -0.3 is 0 Å². The second-order valence-electron chi connectivity index (χ2n) is 5.94. The molecule has 1 fully saturated rings. The molecule has 0 bridgehead atoms. The van der Waals surface area contributed by atoms with Gasteiger partial charge in [-0.3, -0.25) is 0 Å². The van der Waals surface area contributed by atoms with Crippen LogP contribution in [-0.2, 0) is 0 Å². The third-order valence-corrected chi connectivity index (χ3v) is 4.40. The second-order valence-corrected chi connectivity index (χ2v) is 5.94. The smallest absolute Gasteiger partial charge is 0.159 e. The standard InChI is InChI=1S/C18H15F5/c19-13-4-1-10(2-5-13)12-8-16(22)18(17(23)9-12)11-3-6-14(20)15(21)7-11/h3,6-10,13H,1-2,4-5H2. The highest BCUT2D eigenvalue weighted by atomic mass is 19.2. The fourth-order valence-corrected chi connectivity index (χ4v) is 3.14. The van der Waals surface area contributed by atoms with Crippen molar-refractivity contribution in [2.45, 2.75) is 37.8 Å². The molecule has 122 valence electrons. The Balaban J connectivity index is 1.95. The molecule has 0 atom stereocenters. The summed E-state index contributed by atoms with van der Waals surface area (Å²) in [5.74, 6) is -3.97. The molecule has 0 saturated heterocycles. The van der Waals surface area contributed by atoms with Crippen molar-refractivity contribution in [1.29, 1.82) is 0 Å². The number of rotatable bonds is 2. The molecule has 23 heavy (non-hydrogen) atoms.